The number of methoxy groups -OCH3 is 1. The van der Waals surface area contributed by atoms with Gasteiger partial charge >= 0.3 is 5.97 Å². The second kappa shape index (κ2) is 7.91. The summed E-state index contributed by atoms with van der Waals surface area (Å²) in [6.07, 6.45) is 0.621. The largest absolute Gasteiger partial charge is 0.493 e. The van der Waals surface area contributed by atoms with Crippen molar-refractivity contribution in [1.82, 2.24) is 4.90 Å². The van der Waals surface area contributed by atoms with Crippen molar-refractivity contribution in [3.63, 3.8) is 0 Å². The van der Waals surface area contributed by atoms with Crippen molar-refractivity contribution in [2.24, 2.45) is 0 Å². The first-order valence-electron chi connectivity index (χ1n) is 8.44. The number of carbonyl (C=O) groups excluding carboxylic acids is 1. The third-order valence-electron chi connectivity index (χ3n) is 4.43. The molecule has 1 fully saturated rings. The van der Waals surface area contributed by atoms with Crippen LogP contribution in [0.4, 0.5) is 0 Å². The fourth-order valence-electron chi connectivity index (χ4n) is 3.05. The Labute approximate surface area is 152 Å². The predicted octanol–water partition coefficient (Wildman–Crippen LogP) is 2.85. The summed E-state index contributed by atoms with van der Waals surface area (Å²) in [7, 11) is 1.55. The van der Waals surface area contributed by atoms with Crippen molar-refractivity contribution in [2.75, 3.05) is 7.11 Å². The zero-order valence-corrected chi connectivity index (χ0v) is 14.6. The number of hydrogen-bond acceptors (Lipinski definition) is 4. The van der Waals surface area contributed by atoms with E-state index >= 15 is 0 Å². The molecule has 2 aromatic rings. The molecule has 6 heteroatoms. The number of likely N-dealkylation sites (tertiary alicyclic amines) is 1. The van der Waals surface area contributed by atoms with Gasteiger partial charge in [-0.15, -0.1) is 0 Å². The van der Waals surface area contributed by atoms with Crippen molar-refractivity contribution in [3.05, 3.63) is 59.7 Å². The Kier molecular flexibility index (Phi) is 5.41. The summed E-state index contributed by atoms with van der Waals surface area (Å²) in [6, 6.07) is 14.4. The summed E-state index contributed by atoms with van der Waals surface area (Å²) in [4.78, 5) is 24.7. The summed E-state index contributed by atoms with van der Waals surface area (Å²) in [5, 5.41) is 9.26. The standard InChI is InChI=1S/C20H21NO5/c1-25-18-11-15(12-21-16(20(23)24)8-10-19(21)22)7-9-17(18)26-13-14-5-3-2-4-6-14/h2-7,9,11,16H,8,10,12-13H2,1H3,(H,23,24)/t16-/m1/s1. The van der Waals surface area contributed by atoms with E-state index in [0.29, 0.717) is 24.5 Å². The molecule has 1 aliphatic rings. The maximum Gasteiger partial charge on any atom is 0.326 e. The average Bonchev–Trinajstić information content (AvgIpc) is 3.02. The second-order valence-corrected chi connectivity index (χ2v) is 6.17. The molecule has 3 rings (SSSR count). The molecule has 0 saturated carbocycles. The van der Waals surface area contributed by atoms with Crippen LogP contribution in [0.1, 0.15) is 24.0 Å². The zero-order valence-electron chi connectivity index (χ0n) is 14.6. The van der Waals surface area contributed by atoms with Gasteiger partial charge in [-0.3, -0.25) is 4.79 Å². The van der Waals surface area contributed by atoms with Gasteiger partial charge in [0, 0.05) is 13.0 Å². The summed E-state index contributed by atoms with van der Waals surface area (Å²) in [5.74, 6) is 0.0472. The van der Waals surface area contributed by atoms with Gasteiger partial charge in [0.15, 0.2) is 11.5 Å². The first kappa shape index (κ1) is 17.8. The highest BCUT2D eigenvalue weighted by Gasteiger charge is 2.35. The topological polar surface area (TPSA) is 76.1 Å². The third-order valence-corrected chi connectivity index (χ3v) is 4.43. The Morgan fingerprint density at radius 1 is 1.15 bits per heavy atom. The molecule has 1 N–H and O–H groups in total. The van der Waals surface area contributed by atoms with Crippen molar-refractivity contribution >= 4 is 11.9 Å². The SMILES string of the molecule is COc1cc(CN2C(=O)CC[C@@H]2C(=O)O)ccc1OCc1ccccc1. The van der Waals surface area contributed by atoms with Crippen LogP contribution in [0, 0.1) is 0 Å². The lowest BCUT2D eigenvalue weighted by Crippen LogP contribution is -2.37. The maximum atomic E-state index is 12.0. The average molecular weight is 355 g/mol. The molecule has 2 aromatic carbocycles. The molecule has 6 nitrogen and oxygen atoms in total. The van der Waals surface area contributed by atoms with Gasteiger partial charge in [0.25, 0.3) is 0 Å². The number of carbonyl (C=O) groups is 2. The fraction of sp³-hybridized carbons (Fsp3) is 0.300. The van der Waals surface area contributed by atoms with Gasteiger partial charge in [0.1, 0.15) is 12.6 Å². The summed E-state index contributed by atoms with van der Waals surface area (Å²) >= 11 is 0. The quantitative estimate of drug-likeness (QED) is 0.826. The first-order valence-corrected chi connectivity index (χ1v) is 8.44. The Morgan fingerprint density at radius 3 is 2.62 bits per heavy atom. The maximum absolute atomic E-state index is 12.0. The molecule has 0 aliphatic carbocycles. The molecule has 1 heterocycles. The van der Waals surface area contributed by atoms with E-state index in [2.05, 4.69) is 0 Å². The molecule has 1 saturated heterocycles. The van der Waals surface area contributed by atoms with Crippen LogP contribution in [0.25, 0.3) is 0 Å². The Hall–Kier alpha value is -3.02. The lowest BCUT2D eigenvalue weighted by molar-refractivity contribution is -0.146. The Morgan fingerprint density at radius 2 is 1.92 bits per heavy atom. The van der Waals surface area contributed by atoms with Gasteiger partial charge in [-0.05, 0) is 29.7 Å². The summed E-state index contributed by atoms with van der Waals surface area (Å²) in [6.45, 7) is 0.660. The minimum absolute atomic E-state index is 0.138. The van der Waals surface area contributed by atoms with Gasteiger partial charge < -0.3 is 19.5 Å². The predicted molar refractivity (Wildman–Crippen MR) is 95.0 cm³/mol. The lowest BCUT2D eigenvalue weighted by Gasteiger charge is -2.22. The van der Waals surface area contributed by atoms with Crippen molar-refractivity contribution < 1.29 is 24.2 Å². The molecule has 0 unspecified atom stereocenters. The number of ether oxygens (including phenoxy) is 2. The highest BCUT2D eigenvalue weighted by atomic mass is 16.5. The van der Waals surface area contributed by atoms with E-state index < -0.39 is 12.0 Å². The summed E-state index contributed by atoms with van der Waals surface area (Å²) < 4.78 is 11.2. The molecule has 1 amide bonds. The smallest absolute Gasteiger partial charge is 0.326 e. The second-order valence-electron chi connectivity index (χ2n) is 6.17. The molecule has 0 radical (unpaired) electrons. The van der Waals surface area contributed by atoms with Gasteiger partial charge in [-0.1, -0.05) is 36.4 Å². The fourth-order valence-corrected chi connectivity index (χ4v) is 3.05. The number of rotatable bonds is 7. The number of nitrogens with zero attached hydrogens (tertiary/aromatic N) is 1. The van der Waals surface area contributed by atoms with E-state index in [0.717, 1.165) is 11.1 Å². The van der Waals surface area contributed by atoms with Gasteiger partial charge in [0.05, 0.1) is 7.11 Å². The van der Waals surface area contributed by atoms with Crippen molar-refractivity contribution in [1.29, 1.82) is 0 Å². The third kappa shape index (κ3) is 3.96. The monoisotopic (exact) mass is 355 g/mol. The summed E-state index contributed by atoms with van der Waals surface area (Å²) in [5.41, 5.74) is 1.85. The normalized spacial score (nSPS) is 16.6. The van der Waals surface area contributed by atoms with E-state index in [1.165, 1.54) is 4.90 Å². The lowest BCUT2D eigenvalue weighted by atomic mass is 10.1. The van der Waals surface area contributed by atoms with Crippen molar-refractivity contribution in [3.8, 4) is 11.5 Å². The highest BCUT2D eigenvalue weighted by molar-refractivity contribution is 5.87. The van der Waals surface area contributed by atoms with Gasteiger partial charge in [0.2, 0.25) is 5.91 Å². The van der Waals surface area contributed by atoms with Crippen LogP contribution in [0.5, 0.6) is 11.5 Å². The van der Waals surface area contributed by atoms with Crippen LogP contribution >= 0.6 is 0 Å². The Bertz CT molecular complexity index is 790. The molecule has 1 aliphatic heterocycles. The molecular formula is C20H21NO5. The van der Waals surface area contributed by atoms with Crippen LogP contribution in [-0.2, 0) is 22.7 Å². The van der Waals surface area contributed by atoms with Crippen LogP contribution in [-0.4, -0.2) is 35.0 Å². The Balaban J connectivity index is 1.72. The number of hydrogen-bond donors (Lipinski definition) is 1. The van der Waals surface area contributed by atoms with E-state index in [9.17, 15) is 14.7 Å². The number of amides is 1. The molecule has 136 valence electrons. The van der Waals surface area contributed by atoms with E-state index in [-0.39, 0.29) is 18.9 Å². The van der Waals surface area contributed by atoms with Gasteiger partial charge in [-0.25, -0.2) is 4.79 Å². The minimum Gasteiger partial charge on any atom is -0.493 e. The molecule has 1 atom stereocenters. The number of carboxylic acids is 1. The van der Waals surface area contributed by atoms with Crippen LogP contribution in [0.15, 0.2) is 48.5 Å². The highest BCUT2D eigenvalue weighted by Crippen LogP contribution is 2.30. The van der Waals surface area contributed by atoms with E-state index in [1.54, 1.807) is 19.2 Å². The molecule has 0 bridgehead atoms. The van der Waals surface area contributed by atoms with Crippen LogP contribution in [0.2, 0.25) is 0 Å². The zero-order chi connectivity index (χ0) is 18.5. The van der Waals surface area contributed by atoms with Gasteiger partial charge in [-0.2, -0.15) is 0 Å². The number of benzene rings is 2. The molecule has 0 aromatic heterocycles. The van der Waals surface area contributed by atoms with Crippen LogP contribution in [0.3, 0.4) is 0 Å². The van der Waals surface area contributed by atoms with Crippen LogP contribution < -0.4 is 9.47 Å². The number of aliphatic carboxylic acids is 1. The molecule has 0 spiro atoms. The molecular weight excluding hydrogens is 334 g/mol. The van der Waals surface area contributed by atoms with E-state index in [1.807, 2.05) is 36.4 Å². The number of carboxylic acid groups (broad SMARTS) is 1. The first-order chi connectivity index (χ1) is 12.6. The minimum atomic E-state index is -0.967. The van der Waals surface area contributed by atoms with E-state index in [4.69, 9.17) is 9.47 Å². The van der Waals surface area contributed by atoms with Crippen molar-refractivity contribution in [2.45, 2.75) is 32.0 Å². The molecule has 26 heavy (non-hydrogen) atoms.